The fourth-order valence-electron chi connectivity index (χ4n) is 2.47. The van der Waals surface area contributed by atoms with Gasteiger partial charge in [-0.15, -0.1) is 5.10 Å². The van der Waals surface area contributed by atoms with Crippen molar-refractivity contribution in [3.63, 3.8) is 0 Å². The Hall–Kier alpha value is -2.76. The molecule has 1 aromatic carbocycles. The zero-order valence-corrected chi connectivity index (χ0v) is 15.0. The highest BCUT2D eigenvalue weighted by Gasteiger charge is 2.43. The Balaban J connectivity index is 1.72. The number of carbonyl (C=O) groups is 1. The first kappa shape index (κ1) is 20.0. The van der Waals surface area contributed by atoms with E-state index in [0.29, 0.717) is 0 Å². The summed E-state index contributed by atoms with van der Waals surface area (Å²) in [5.41, 5.74) is 5.05. The van der Waals surface area contributed by atoms with E-state index in [2.05, 4.69) is 10.1 Å². The lowest BCUT2D eigenvalue weighted by atomic mass is 10.1. The summed E-state index contributed by atoms with van der Waals surface area (Å²) in [6.07, 6.45) is -3.19. The molecule has 1 fully saturated rings. The molecule has 2 aromatic rings. The van der Waals surface area contributed by atoms with Gasteiger partial charge in [-0.2, -0.15) is 0 Å². The van der Waals surface area contributed by atoms with Crippen LogP contribution in [0.15, 0.2) is 42.5 Å². The minimum atomic E-state index is -4.35. The lowest BCUT2D eigenvalue weighted by Gasteiger charge is -2.13. The van der Waals surface area contributed by atoms with Crippen molar-refractivity contribution in [2.75, 3.05) is 0 Å². The Kier molecular flexibility index (Phi) is 5.49. The third kappa shape index (κ3) is 4.21. The maximum atomic E-state index is 12.2. The molecule has 2 heterocycles. The highest BCUT2D eigenvalue weighted by molar-refractivity contribution is 7.56. The lowest BCUT2D eigenvalue weighted by molar-refractivity contribution is -0.0346. The third-order valence-corrected chi connectivity index (χ3v) is 4.83. The summed E-state index contributed by atoms with van der Waals surface area (Å²) >= 11 is 0. The second kappa shape index (κ2) is 7.70. The quantitative estimate of drug-likeness (QED) is 0.386. The molecule has 0 bridgehead atoms. The first-order valence-electron chi connectivity index (χ1n) is 7.90. The van der Waals surface area contributed by atoms with Crippen molar-refractivity contribution in [1.82, 2.24) is 14.8 Å². The molecule has 1 aliphatic rings. The molecular formula is C15H17N4O8P. The largest absolute Gasteiger partial charge is 0.504 e. The number of primary amides is 1. The molecule has 0 saturated carbocycles. The molecule has 0 radical (unpaired) electrons. The zero-order valence-electron chi connectivity index (χ0n) is 14.1. The maximum absolute atomic E-state index is 12.2. The number of aliphatic hydroxyl groups is 2. The predicted octanol–water partition coefficient (Wildman–Crippen LogP) is -0.520. The number of benzene rings is 1. The van der Waals surface area contributed by atoms with E-state index in [1.165, 1.54) is 24.3 Å². The van der Waals surface area contributed by atoms with Gasteiger partial charge >= 0.3 is 7.60 Å². The highest BCUT2D eigenvalue weighted by atomic mass is 31.2. The van der Waals surface area contributed by atoms with Gasteiger partial charge in [-0.3, -0.25) is 4.79 Å². The molecule has 0 spiro atoms. The van der Waals surface area contributed by atoms with Crippen molar-refractivity contribution in [2.24, 2.45) is 5.73 Å². The lowest BCUT2D eigenvalue weighted by Crippen LogP contribution is -2.31. The van der Waals surface area contributed by atoms with Gasteiger partial charge in [0.1, 0.15) is 24.6 Å². The summed E-state index contributed by atoms with van der Waals surface area (Å²) in [6, 6.07) is 5.59. The Labute approximate surface area is 158 Å². The van der Waals surface area contributed by atoms with Crippen LogP contribution in [-0.4, -0.2) is 59.2 Å². The maximum Gasteiger partial charge on any atom is 0.400 e. The molecule has 3 rings (SSSR count). The summed E-state index contributed by atoms with van der Waals surface area (Å²) in [5.74, 6) is -0.955. The number of aromatic nitrogens is 3. The molecule has 28 heavy (non-hydrogen) atoms. The summed E-state index contributed by atoms with van der Waals surface area (Å²) in [5, 5.41) is 33.6. The number of nitrogens with zero attached hydrogens (tertiary/aromatic N) is 3. The fourth-order valence-corrected chi connectivity index (χ4v) is 3.36. The summed E-state index contributed by atoms with van der Waals surface area (Å²) < 4.78 is 23.5. The normalized spacial score (nSPS) is 27.0. The van der Waals surface area contributed by atoms with Crippen molar-refractivity contribution in [1.29, 1.82) is 0 Å². The van der Waals surface area contributed by atoms with Crippen LogP contribution in [0.3, 0.4) is 0 Å². The molecule has 0 aliphatic carbocycles. The van der Waals surface area contributed by atoms with Crippen molar-refractivity contribution in [3.8, 4) is 11.5 Å². The molecule has 1 amide bonds. The Morgan fingerprint density at radius 1 is 1.32 bits per heavy atom. The van der Waals surface area contributed by atoms with Gasteiger partial charge in [0.25, 0.3) is 5.91 Å². The van der Waals surface area contributed by atoms with Crippen LogP contribution in [0.4, 0.5) is 0 Å². The van der Waals surface area contributed by atoms with E-state index in [9.17, 15) is 29.6 Å². The van der Waals surface area contributed by atoms with Crippen LogP contribution in [0.2, 0.25) is 0 Å². The number of aliphatic hydroxyl groups excluding tert-OH is 2. The summed E-state index contributed by atoms with van der Waals surface area (Å²) in [6.45, 7) is 0. The Bertz CT molecular complexity index is 948. The summed E-state index contributed by atoms with van der Waals surface area (Å²) in [4.78, 5) is 24.6. The predicted molar refractivity (Wildman–Crippen MR) is 92.2 cm³/mol. The van der Waals surface area contributed by atoms with Gasteiger partial charge in [-0.05, 0) is 18.2 Å². The topological polar surface area (TPSA) is 190 Å². The third-order valence-electron chi connectivity index (χ3n) is 3.82. The van der Waals surface area contributed by atoms with Crippen LogP contribution < -0.4 is 10.3 Å². The number of hydrogen-bond acceptors (Lipinski definition) is 9. The van der Waals surface area contributed by atoms with Crippen LogP contribution in [0, 0.1) is 0 Å². The monoisotopic (exact) mass is 412 g/mol. The van der Waals surface area contributed by atoms with Gasteiger partial charge in [0.05, 0.1) is 0 Å². The van der Waals surface area contributed by atoms with Crippen LogP contribution >= 0.6 is 7.60 Å². The second-order valence-electron chi connectivity index (χ2n) is 5.85. The number of para-hydroxylation sites is 2. The molecule has 150 valence electrons. The van der Waals surface area contributed by atoms with Crippen molar-refractivity contribution < 1.29 is 38.8 Å². The van der Waals surface area contributed by atoms with Crippen molar-refractivity contribution in [3.05, 3.63) is 48.3 Å². The SMILES string of the molecule is NC(=O)c1ncn(C2OC(/C=C/P(=O)(O)Oc3ccccc3O)[C@@H](O)[C@H]2O)n1. The van der Waals surface area contributed by atoms with Gasteiger partial charge in [0.2, 0.25) is 5.82 Å². The van der Waals surface area contributed by atoms with E-state index in [1.54, 1.807) is 0 Å². The van der Waals surface area contributed by atoms with Crippen molar-refractivity contribution >= 4 is 13.5 Å². The van der Waals surface area contributed by atoms with Crippen molar-refractivity contribution in [2.45, 2.75) is 24.5 Å². The van der Waals surface area contributed by atoms with Gasteiger partial charge in [0, 0.05) is 5.82 Å². The first-order chi connectivity index (χ1) is 13.2. The van der Waals surface area contributed by atoms with E-state index < -0.39 is 38.0 Å². The average molecular weight is 412 g/mol. The van der Waals surface area contributed by atoms with E-state index in [1.807, 2.05) is 0 Å². The molecule has 3 unspecified atom stereocenters. The van der Waals surface area contributed by atoms with E-state index >= 15 is 0 Å². The van der Waals surface area contributed by atoms with Gasteiger partial charge < -0.3 is 35.2 Å². The van der Waals surface area contributed by atoms with Crippen LogP contribution in [0.1, 0.15) is 16.8 Å². The number of hydrogen-bond donors (Lipinski definition) is 5. The Morgan fingerprint density at radius 3 is 2.68 bits per heavy atom. The van der Waals surface area contributed by atoms with Gasteiger partial charge in [-0.25, -0.2) is 14.2 Å². The smallest absolute Gasteiger partial charge is 0.400 e. The number of rotatable bonds is 6. The number of phenols is 1. The number of amides is 1. The highest BCUT2D eigenvalue weighted by Crippen LogP contribution is 2.47. The fraction of sp³-hybridized carbons (Fsp3) is 0.267. The second-order valence-corrected chi connectivity index (χ2v) is 7.46. The number of ether oxygens (including phenoxy) is 1. The number of carbonyl (C=O) groups excluding carboxylic acids is 1. The zero-order chi connectivity index (χ0) is 20.5. The first-order valence-corrected chi connectivity index (χ1v) is 9.54. The molecular weight excluding hydrogens is 395 g/mol. The molecule has 6 N–H and O–H groups in total. The van der Waals surface area contributed by atoms with Crippen LogP contribution in [0.5, 0.6) is 11.5 Å². The van der Waals surface area contributed by atoms with Crippen LogP contribution in [0.25, 0.3) is 0 Å². The van der Waals surface area contributed by atoms with Gasteiger partial charge in [-0.1, -0.05) is 12.1 Å². The minimum Gasteiger partial charge on any atom is -0.504 e. The number of aromatic hydroxyl groups is 1. The van der Waals surface area contributed by atoms with E-state index in [0.717, 1.165) is 22.9 Å². The summed E-state index contributed by atoms with van der Waals surface area (Å²) in [7, 11) is -4.35. The van der Waals surface area contributed by atoms with Crippen LogP contribution in [-0.2, 0) is 9.30 Å². The molecule has 1 saturated heterocycles. The average Bonchev–Trinajstić information content (AvgIpc) is 3.22. The molecule has 13 heteroatoms. The van der Waals surface area contributed by atoms with E-state index in [4.69, 9.17) is 15.0 Å². The molecule has 5 atom stereocenters. The standard InChI is InChI=1S/C15H17N4O8P/c16-13(23)14-17-7-19(18-14)15-12(22)11(21)10(26-15)5-6-28(24,25)27-9-4-2-1-3-8(9)20/h1-7,10-12,15,20-22H,(H2,16,23)(H,24,25)/b6-5+/t10?,11-,12-,15?/m1/s1. The number of nitrogens with two attached hydrogens (primary N) is 1. The Morgan fingerprint density at radius 2 is 2.04 bits per heavy atom. The number of phenolic OH excluding ortho intramolecular Hbond substituents is 1. The minimum absolute atomic E-state index is 0.203. The van der Waals surface area contributed by atoms with E-state index in [-0.39, 0.29) is 17.3 Å². The molecule has 1 aromatic heterocycles. The molecule has 1 aliphatic heterocycles. The molecule has 12 nitrogen and oxygen atoms in total. The van der Waals surface area contributed by atoms with Gasteiger partial charge in [0.15, 0.2) is 17.7 Å².